The maximum absolute atomic E-state index is 11.6. The molecule has 92 valence electrons. The molecule has 0 radical (unpaired) electrons. The fourth-order valence-corrected chi connectivity index (χ4v) is 3.12. The molecule has 15 heavy (non-hydrogen) atoms. The molecular weight excluding hydrogens is 231 g/mol. The van der Waals surface area contributed by atoms with Crippen molar-refractivity contribution in [2.75, 3.05) is 12.8 Å². The quantitative estimate of drug-likeness (QED) is 0.395. The van der Waals surface area contributed by atoms with Crippen LogP contribution in [0.3, 0.4) is 0 Å². The van der Waals surface area contributed by atoms with Gasteiger partial charge in [-0.3, -0.25) is 4.57 Å². The zero-order valence-corrected chi connectivity index (χ0v) is 11.7. The average molecular weight is 255 g/mol. The van der Waals surface area contributed by atoms with Crippen molar-refractivity contribution in [2.45, 2.75) is 58.8 Å². The molecule has 4 heteroatoms. The highest BCUT2D eigenvalue weighted by molar-refractivity contribution is 7.85. The summed E-state index contributed by atoms with van der Waals surface area (Å²) in [6.07, 6.45) is 8.49. The van der Waals surface area contributed by atoms with Gasteiger partial charge >= 0.3 is 0 Å². The fraction of sp³-hybridized carbons (Fsp3) is 1.00. The molecule has 0 aliphatic carbocycles. The summed E-state index contributed by atoms with van der Waals surface area (Å²) in [5, 5.41) is 0. The van der Waals surface area contributed by atoms with E-state index in [0.717, 1.165) is 19.3 Å². The molecule has 0 spiro atoms. The van der Waals surface area contributed by atoms with Crippen molar-refractivity contribution in [3.8, 4) is 0 Å². The first-order valence-corrected chi connectivity index (χ1v) is 8.77. The third-order valence-electron chi connectivity index (χ3n) is 2.27. The minimum absolute atomic E-state index is 0.511. The maximum Gasteiger partial charge on any atom is 0.290 e. The first kappa shape index (κ1) is 15.5. The molecule has 0 bridgehead atoms. The van der Waals surface area contributed by atoms with Gasteiger partial charge in [0.2, 0.25) is 0 Å². The van der Waals surface area contributed by atoms with Crippen molar-refractivity contribution in [2.24, 2.45) is 0 Å². The third-order valence-corrected chi connectivity index (χ3v) is 4.49. The summed E-state index contributed by atoms with van der Waals surface area (Å²) in [6.45, 7) is 1.91. The van der Waals surface area contributed by atoms with Crippen LogP contribution in [0.4, 0.5) is 0 Å². The number of unbranched alkanes of at least 4 members (excludes halogenated alkanes) is 5. The van der Waals surface area contributed by atoms with Gasteiger partial charge in [-0.05, 0) is 24.1 Å². The van der Waals surface area contributed by atoms with Crippen LogP contribution < -0.4 is 0 Å². The third kappa shape index (κ3) is 10.8. The molecule has 0 fully saturated rings. The standard InChI is InChI=1S/C11H24ClO2P/c1-3-5-6-7-8-9-11-15(12,13)14-10-4-2/h3-11H2,1-2H3. The van der Waals surface area contributed by atoms with Gasteiger partial charge in [-0.15, -0.1) is 0 Å². The highest BCUT2D eigenvalue weighted by atomic mass is 35.7. The van der Waals surface area contributed by atoms with Gasteiger partial charge in [0.25, 0.3) is 6.72 Å². The van der Waals surface area contributed by atoms with Gasteiger partial charge in [-0.1, -0.05) is 46.0 Å². The molecule has 0 saturated heterocycles. The Hall–Kier alpha value is 0.480. The summed E-state index contributed by atoms with van der Waals surface area (Å²) in [4.78, 5) is 0. The second-order valence-electron chi connectivity index (χ2n) is 3.91. The molecule has 0 aromatic rings. The minimum Gasteiger partial charge on any atom is -0.318 e. The lowest BCUT2D eigenvalue weighted by Crippen LogP contribution is -1.92. The van der Waals surface area contributed by atoms with E-state index in [1.165, 1.54) is 25.7 Å². The normalized spacial score (nSPS) is 15.1. The van der Waals surface area contributed by atoms with E-state index in [-0.39, 0.29) is 0 Å². The lowest BCUT2D eigenvalue weighted by atomic mass is 10.1. The second kappa shape index (κ2) is 9.69. The lowest BCUT2D eigenvalue weighted by Gasteiger charge is -2.10. The molecule has 0 heterocycles. The van der Waals surface area contributed by atoms with Crippen LogP contribution in [0.15, 0.2) is 0 Å². The summed E-state index contributed by atoms with van der Waals surface area (Å²) >= 11 is 5.79. The van der Waals surface area contributed by atoms with Crippen LogP contribution in [0.2, 0.25) is 0 Å². The van der Waals surface area contributed by atoms with Crippen molar-refractivity contribution in [1.82, 2.24) is 0 Å². The average Bonchev–Trinajstić information content (AvgIpc) is 2.20. The number of hydrogen-bond acceptors (Lipinski definition) is 2. The molecule has 0 aliphatic heterocycles. The number of hydrogen-bond donors (Lipinski definition) is 0. The van der Waals surface area contributed by atoms with Crippen LogP contribution >= 0.6 is 18.0 Å². The Morgan fingerprint density at radius 3 is 2.20 bits per heavy atom. The van der Waals surface area contributed by atoms with Crippen LogP contribution in [-0.4, -0.2) is 12.8 Å². The molecule has 0 amide bonds. The van der Waals surface area contributed by atoms with Crippen molar-refractivity contribution in [3.05, 3.63) is 0 Å². The van der Waals surface area contributed by atoms with Crippen LogP contribution in [0, 0.1) is 0 Å². The first-order valence-electron chi connectivity index (χ1n) is 6.05. The van der Waals surface area contributed by atoms with Gasteiger partial charge in [0.1, 0.15) is 0 Å². The zero-order valence-electron chi connectivity index (χ0n) is 10.0. The molecule has 0 aliphatic rings. The predicted molar refractivity (Wildman–Crippen MR) is 67.9 cm³/mol. The smallest absolute Gasteiger partial charge is 0.290 e. The van der Waals surface area contributed by atoms with Crippen molar-refractivity contribution in [3.63, 3.8) is 0 Å². The monoisotopic (exact) mass is 254 g/mol. The first-order chi connectivity index (χ1) is 7.12. The van der Waals surface area contributed by atoms with E-state index in [0.29, 0.717) is 12.8 Å². The molecule has 1 atom stereocenters. The fourth-order valence-electron chi connectivity index (χ4n) is 1.37. The van der Waals surface area contributed by atoms with Crippen LogP contribution in [0.5, 0.6) is 0 Å². The molecule has 0 rings (SSSR count). The Morgan fingerprint density at radius 2 is 1.60 bits per heavy atom. The topological polar surface area (TPSA) is 26.3 Å². The van der Waals surface area contributed by atoms with E-state index in [4.69, 9.17) is 15.8 Å². The second-order valence-corrected chi connectivity index (χ2v) is 7.35. The van der Waals surface area contributed by atoms with Crippen LogP contribution in [0.1, 0.15) is 58.8 Å². The Balaban J connectivity index is 3.36. The number of rotatable bonds is 10. The molecule has 0 N–H and O–H groups in total. The summed E-state index contributed by atoms with van der Waals surface area (Å²) in [6, 6.07) is 0. The Kier molecular flexibility index (Phi) is 10.00. The van der Waals surface area contributed by atoms with E-state index in [9.17, 15) is 4.57 Å². The largest absolute Gasteiger partial charge is 0.318 e. The van der Waals surface area contributed by atoms with Gasteiger partial charge in [0.15, 0.2) is 0 Å². The van der Waals surface area contributed by atoms with E-state index in [1.54, 1.807) is 0 Å². The summed E-state index contributed by atoms with van der Waals surface area (Å²) in [7, 11) is 0. The zero-order chi connectivity index (χ0) is 11.6. The minimum atomic E-state index is -2.79. The molecule has 0 saturated carbocycles. The van der Waals surface area contributed by atoms with Crippen molar-refractivity contribution >= 4 is 18.0 Å². The lowest BCUT2D eigenvalue weighted by molar-refractivity contribution is 0.323. The van der Waals surface area contributed by atoms with E-state index in [1.807, 2.05) is 6.92 Å². The SMILES string of the molecule is CCCCCCCCP(=O)(Cl)OCCC. The van der Waals surface area contributed by atoms with E-state index in [2.05, 4.69) is 6.92 Å². The van der Waals surface area contributed by atoms with Gasteiger partial charge in [0.05, 0.1) is 6.61 Å². The highest BCUT2D eigenvalue weighted by Gasteiger charge is 2.17. The van der Waals surface area contributed by atoms with Crippen molar-refractivity contribution in [1.29, 1.82) is 0 Å². The summed E-state index contributed by atoms with van der Waals surface area (Å²) < 4.78 is 16.7. The molecule has 0 aromatic heterocycles. The predicted octanol–water partition coefficient (Wildman–Crippen LogP) is 5.21. The van der Waals surface area contributed by atoms with Gasteiger partial charge < -0.3 is 4.52 Å². The van der Waals surface area contributed by atoms with Gasteiger partial charge in [-0.25, -0.2) is 0 Å². The Bertz CT molecular complexity index is 185. The Morgan fingerprint density at radius 1 is 1.00 bits per heavy atom. The van der Waals surface area contributed by atoms with Crippen LogP contribution in [0.25, 0.3) is 0 Å². The van der Waals surface area contributed by atoms with Gasteiger partial charge in [0, 0.05) is 6.16 Å². The number of halogens is 1. The molecule has 0 aromatic carbocycles. The molecular formula is C11H24ClO2P. The highest BCUT2D eigenvalue weighted by Crippen LogP contribution is 2.53. The van der Waals surface area contributed by atoms with E-state index >= 15 is 0 Å². The van der Waals surface area contributed by atoms with Gasteiger partial charge in [-0.2, -0.15) is 0 Å². The van der Waals surface area contributed by atoms with E-state index < -0.39 is 6.72 Å². The molecule has 1 unspecified atom stereocenters. The summed E-state index contributed by atoms with van der Waals surface area (Å²) in [5.41, 5.74) is 0. The maximum atomic E-state index is 11.6. The van der Waals surface area contributed by atoms with Crippen molar-refractivity contribution < 1.29 is 9.09 Å². The molecule has 2 nitrogen and oxygen atoms in total. The Labute approximate surface area is 99.0 Å². The summed E-state index contributed by atoms with van der Waals surface area (Å²) in [5.74, 6) is 0. The van der Waals surface area contributed by atoms with Crippen LogP contribution in [-0.2, 0) is 9.09 Å².